The quantitative estimate of drug-likeness (QED) is 0.0289. The van der Waals surface area contributed by atoms with Gasteiger partial charge in [-0.2, -0.15) is 0 Å². The maximum atomic E-state index is 12.5. The first kappa shape index (κ1) is 46.8. The Morgan fingerprint density at radius 1 is 0.521 bits per heavy atom. The van der Waals surface area contributed by atoms with Crippen molar-refractivity contribution in [1.82, 2.24) is 5.32 Å². The molecular formula is C41H79NO6. The molecule has 0 heterocycles. The second-order valence-corrected chi connectivity index (χ2v) is 14.1. The molecule has 0 aliphatic rings. The summed E-state index contributed by atoms with van der Waals surface area (Å²) in [5, 5.41) is 53.6. The van der Waals surface area contributed by atoms with Crippen LogP contribution in [0.2, 0.25) is 0 Å². The summed E-state index contributed by atoms with van der Waals surface area (Å²) in [5.74, 6) is -0.685. The van der Waals surface area contributed by atoms with Gasteiger partial charge in [0.1, 0.15) is 18.3 Å². The Balaban J connectivity index is 3.86. The molecule has 7 nitrogen and oxygen atoms in total. The number of nitrogens with one attached hydrogen (secondary N) is 1. The number of hydrogen-bond acceptors (Lipinski definition) is 6. The van der Waals surface area contributed by atoms with E-state index in [1.807, 2.05) is 6.08 Å². The number of aliphatic hydroxyl groups excluding tert-OH is 5. The lowest BCUT2D eigenvalue weighted by Gasteiger charge is -2.29. The number of rotatable bonds is 36. The highest BCUT2D eigenvalue weighted by Gasteiger charge is 2.32. The predicted octanol–water partition coefficient (Wildman–Crippen LogP) is 8.98. The second kappa shape index (κ2) is 35.6. The molecule has 48 heavy (non-hydrogen) atoms. The molecule has 0 aliphatic carbocycles. The third-order valence-electron chi connectivity index (χ3n) is 9.50. The topological polar surface area (TPSA) is 130 Å². The van der Waals surface area contributed by atoms with Crippen LogP contribution in [0.5, 0.6) is 0 Å². The molecule has 284 valence electrons. The molecule has 0 aliphatic heterocycles. The molecule has 0 fully saturated rings. The number of carbonyl (C=O) groups excluding carboxylic acids is 1. The van der Waals surface area contributed by atoms with Crippen LogP contribution in [0.4, 0.5) is 0 Å². The minimum Gasteiger partial charge on any atom is -0.394 e. The lowest BCUT2D eigenvalue weighted by Crippen LogP contribution is -2.55. The molecule has 0 aromatic rings. The van der Waals surface area contributed by atoms with E-state index in [0.29, 0.717) is 6.42 Å². The first-order chi connectivity index (χ1) is 23.4. The smallest absolute Gasteiger partial charge is 0.249 e. The molecule has 0 radical (unpaired) electrons. The summed E-state index contributed by atoms with van der Waals surface area (Å²) in [6, 6.07) is -1.19. The molecule has 0 aromatic carbocycles. The fourth-order valence-electron chi connectivity index (χ4n) is 6.14. The van der Waals surface area contributed by atoms with Crippen LogP contribution in [0.3, 0.4) is 0 Å². The zero-order valence-corrected chi connectivity index (χ0v) is 31.3. The van der Waals surface area contributed by atoms with E-state index < -0.39 is 43.0 Å². The van der Waals surface area contributed by atoms with Gasteiger partial charge in [-0.1, -0.05) is 179 Å². The van der Waals surface area contributed by atoms with Gasteiger partial charge in [-0.05, 0) is 38.5 Å². The molecule has 7 heteroatoms. The summed E-state index contributed by atoms with van der Waals surface area (Å²) in [6.45, 7) is 3.84. The van der Waals surface area contributed by atoms with Gasteiger partial charge in [-0.3, -0.25) is 4.79 Å². The molecule has 0 rings (SSSR count). The molecule has 0 bridgehead atoms. The standard InChI is InChI=1S/C41H79NO6/c1-3-5-7-9-11-13-15-16-17-18-19-20-21-22-23-24-26-28-30-32-34-38(45)41(48)42-36(35-43)39(46)40(47)37(44)33-31-29-27-25-14-12-10-8-6-4-2/h12,14,29,31,36-40,43-47H,3-11,13,15-28,30,32-35H2,1-2H3,(H,42,48)/b14-12+,31-29+/t36-,37-,38+,39-,40-/m0/s1. The van der Waals surface area contributed by atoms with Crippen LogP contribution in [0.15, 0.2) is 24.3 Å². The zero-order chi connectivity index (χ0) is 35.5. The maximum absolute atomic E-state index is 12.5. The highest BCUT2D eigenvalue weighted by molar-refractivity contribution is 5.80. The third-order valence-corrected chi connectivity index (χ3v) is 9.50. The van der Waals surface area contributed by atoms with Crippen LogP contribution in [-0.2, 0) is 4.79 Å². The number of aliphatic hydroxyl groups is 5. The van der Waals surface area contributed by atoms with Gasteiger partial charge in [0, 0.05) is 0 Å². The average Bonchev–Trinajstić information content (AvgIpc) is 3.09. The molecule has 1 amide bonds. The van der Waals surface area contributed by atoms with Gasteiger partial charge >= 0.3 is 0 Å². The Labute approximate surface area is 296 Å². The zero-order valence-electron chi connectivity index (χ0n) is 31.3. The molecule has 0 saturated carbocycles. The van der Waals surface area contributed by atoms with E-state index in [4.69, 9.17) is 0 Å². The van der Waals surface area contributed by atoms with E-state index in [1.165, 1.54) is 128 Å². The van der Waals surface area contributed by atoms with Crippen LogP contribution in [-0.4, -0.2) is 68.5 Å². The summed E-state index contributed by atoms with van der Waals surface area (Å²) in [4.78, 5) is 12.5. The summed E-state index contributed by atoms with van der Waals surface area (Å²) in [5.41, 5.74) is 0. The molecule has 0 unspecified atom stereocenters. The van der Waals surface area contributed by atoms with Crippen LogP contribution in [0.1, 0.15) is 194 Å². The number of hydrogen-bond donors (Lipinski definition) is 6. The van der Waals surface area contributed by atoms with E-state index >= 15 is 0 Å². The Morgan fingerprint density at radius 3 is 1.38 bits per heavy atom. The van der Waals surface area contributed by atoms with Crippen molar-refractivity contribution in [1.29, 1.82) is 0 Å². The average molecular weight is 682 g/mol. The predicted molar refractivity (Wildman–Crippen MR) is 202 cm³/mol. The second-order valence-electron chi connectivity index (χ2n) is 14.1. The fourth-order valence-corrected chi connectivity index (χ4v) is 6.14. The van der Waals surface area contributed by atoms with Gasteiger partial charge in [0.05, 0.1) is 18.8 Å². The summed E-state index contributed by atoms with van der Waals surface area (Å²) in [6.07, 6.45) is 35.3. The number of allylic oxidation sites excluding steroid dienone is 3. The fraction of sp³-hybridized carbons (Fsp3) is 0.878. The molecule has 0 aromatic heterocycles. The number of carbonyl (C=O) groups is 1. The summed E-state index contributed by atoms with van der Waals surface area (Å²) >= 11 is 0. The van der Waals surface area contributed by atoms with Gasteiger partial charge in [0.2, 0.25) is 5.91 Å². The van der Waals surface area contributed by atoms with Gasteiger partial charge in [0.15, 0.2) is 0 Å². The minimum atomic E-state index is -1.57. The largest absolute Gasteiger partial charge is 0.394 e. The Kier molecular flexibility index (Phi) is 34.6. The molecule has 0 saturated heterocycles. The van der Waals surface area contributed by atoms with Crippen molar-refractivity contribution >= 4 is 5.91 Å². The number of unbranched alkanes of at least 4 members (excludes halogenated alkanes) is 23. The Hall–Kier alpha value is -1.25. The Bertz CT molecular complexity index is 744. The summed E-state index contributed by atoms with van der Waals surface area (Å²) < 4.78 is 0. The number of amides is 1. The minimum absolute atomic E-state index is 0.145. The third kappa shape index (κ3) is 28.6. The van der Waals surface area contributed by atoms with Crippen molar-refractivity contribution < 1.29 is 30.3 Å². The van der Waals surface area contributed by atoms with E-state index in [-0.39, 0.29) is 6.42 Å². The Morgan fingerprint density at radius 2 is 0.917 bits per heavy atom. The van der Waals surface area contributed by atoms with E-state index in [9.17, 15) is 30.3 Å². The van der Waals surface area contributed by atoms with Crippen molar-refractivity contribution in [2.75, 3.05) is 6.61 Å². The van der Waals surface area contributed by atoms with E-state index in [0.717, 1.165) is 38.5 Å². The van der Waals surface area contributed by atoms with Gasteiger partial charge in [-0.25, -0.2) is 0 Å². The first-order valence-electron chi connectivity index (χ1n) is 20.3. The summed E-state index contributed by atoms with van der Waals surface area (Å²) in [7, 11) is 0. The van der Waals surface area contributed by atoms with Crippen LogP contribution < -0.4 is 5.32 Å². The van der Waals surface area contributed by atoms with Gasteiger partial charge < -0.3 is 30.8 Å². The van der Waals surface area contributed by atoms with Crippen molar-refractivity contribution in [3.8, 4) is 0 Å². The lowest BCUT2D eigenvalue weighted by molar-refractivity contribution is -0.134. The van der Waals surface area contributed by atoms with Crippen LogP contribution in [0.25, 0.3) is 0 Å². The monoisotopic (exact) mass is 682 g/mol. The van der Waals surface area contributed by atoms with Crippen molar-refractivity contribution in [3.05, 3.63) is 24.3 Å². The normalized spacial score (nSPS) is 15.2. The van der Waals surface area contributed by atoms with Crippen molar-refractivity contribution in [2.45, 2.75) is 224 Å². The molecular weight excluding hydrogens is 602 g/mol. The van der Waals surface area contributed by atoms with E-state index in [2.05, 4.69) is 31.3 Å². The van der Waals surface area contributed by atoms with Crippen LogP contribution >= 0.6 is 0 Å². The van der Waals surface area contributed by atoms with Crippen molar-refractivity contribution in [3.63, 3.8) is 0 Å². The van der Waals surface area contributed by atoms with Gasteiger partial charge in [0.25, 0.3) is 0 Å². The maximum Gasteiger partial charge on any atom is 0.249 e. The molecule has 5 atom stereocenters. The van der Waals surface area contributed by atoms with Gasteiger partial charge in [-0.15, -0.1) is 0 Å². The van der Waals surface area contributed by atoms with E-state index in [1.54, 1.807) is 6.08 Å². The first-order valence-corrected chi connectivity index (χ1v) is 20.3. The highest BCUT2D eigenvalue weighted by Crippen LogP contribution is 2.16. The SMILES string of the molecule is CCCCC/C=C/CC/C=C/C[C@H](O)[C@H](O)[C@@H](O)[C@H](CO)NC(=O)[C@H](O)CCCCCCCCCCCCCCCCCCCCCC. The molecule has 6 N–H and O–H groups in total. The lowest BCUT2D eigenvalue weighted by atomic mass is 9.98. The highest BCUT2D eigenvalue weighted by atomic mass is 16.4. The van der Waals surface area contributed by atoms with Crippen molar-refractivity contribution in [2.24, 2.45) is 0 Å². The van der Waals surface area contributed by atoms with Crippen LogP contribution in [0, 0.1) is 0 Å². The molecule has 0 spiro atoms.